The first-order chi connectivity index (χ1) is 8.27. The molecular weight excluding hydrogens is 214 g/mol. The van der Waals surface area contributed by atoms with E-state index in [4.69, 9.17) is 15.2 Å². The van der Waals surface area contributed by atoms with Gasteiger partial charge in [-0.2, -0.15) is 0 Å². The summed E-state index contributed by atoms with van der Waals surface area (Å²) in [6, 6.07) is 6.14. The van der Waals surface area contributed by atoms with E-state index in [2.05, 4.69) is 0 Å². The number of methoxy groups -OCH3 is 2. The van der Waals surface area contributed by atoms with Crippen LogP contribution in [0.3, 0.4) is 0 Å². The van der Waals surface area contributed by atoms with Crippen molar-refractivity contribution in [2.24, 2.45) is 5.73 Å². The molecule has 1 aliphatic rings. The average Bonchev–Trinajstić information content (AvgIpc) is 2.38. The van der Waals surface area contributed by atoms with Crippen molar-refractivity contribution in [1.29, 1.82) is 0 Å². The molecule has 1 aromatic carbocycles. The van der Waals surface area contributed by atoms with Crippen LogP contribution in [0, 0.1) is 0 Å². The average molecular weight is 235 g/mol. The van der Waals surface area contributed by atoms with Crippen LogP contribution < -0.4 is 15.2 Å². The van der Waals surface area contributed by atoms with Gasteiger partial charge < -0.3 is 15.2 Å². The van der Waals surface area contributed by atoms with Gasteiger partial charge >= 0.3 is 0 Å². The number of benzene rings is 1. The van der Waals surface area contributed by atoms with E-state index in [9.17, 15) is 0 Å². The molecule has 0 saturated heterocycles. The second-order valence-electron chi connectivity index (χ2n) is 4.63. The molecule has 2 rings (SSSR count). The Balaban J connectivity index is 2.40. The van der Waals surface area contributed by atoms with Crippen LogP contribution >= 0.6 is 0 Å². The molecule has 2 N–H and O–H groups in total. The highest BCUT2D eigenvalue weighted by Gasteiger charge is 2.28. The lowest BCUT2D eigenvalue weighted by Crippen LogP contribution is -2.31. The summed E-state index contributed by atoms with van der Waals surface area (Å²) in [5, 5.41) is 0. The van der Waals surface area contributed by atoms with Crippen molar-refractivity contribution in [3.63, 3.8) is 0 Å². The number of rotatable bonds is 3. The van der Waals surface area contributed by atoms with Crippen LogP contribution in [-0.4, -0.2) is 20.3 Å². The molecule has 1 aliphatic carbocycles. The third kappa shape index (κ3) is 2.39. The molecule has 0 radical (unpaired) electrons. The van der Waals surface area contributed by atoms with E-state index in [0.29, 0.717) is 5.92 Å². The summed E-state index contributed by atoms with van der Waals surface area (Å²) in [5.74, 6) is 2.15. The van der Waals surface area contributed by atoms with Crippen molar-refractivity contribution in [3.8, 4) is 11.5 Å². The maximum Gasteiger partial charge on any atom is 0.126 e. The predicted molar refractivity (Wildman–Crippen MR) is 68.7 cm³/mol. The lowest BCUT2D eigenvalue weighted by molar-refractivity contribution is 0.339. The molecule has 1 aromatic rings. The monoisotopic (exact) mass is 235 g/mol. The van der Waals surface area contributed by atoms with E-state index in [1.54, 1.807) is 14.2 Å². The van der Waals surface area contributed by atoms with Crippen LogP contribution in [0.25, 0.3) is 0 Å². The molecular formula is C14H21NO2. The molecule has 0 amide bonds. The van der Waals surface area contributed by atoms with E-state index in [1.165, 1.54) is 12.8 Å². The van der Waals surface area contributed by atoms with Gasteiger partial charge in [0.15, 0.2) is 0 Å². The molecule has 2 unspecified atom stereocenters. The van der Waals surface area contributed by atoms with Gasteiger partial charge in [-0.05, 0) is 25.0 Å². The van der Waals surface area contributed by atoms with E-state index in [0.717, 1.165) is 29.9 Å². The molecule has 1 saturated carbocycles. The van der Waals surface area contributed by atoms with E-state index < -0.39 is 0 Å². The minimum absolute atomic E-state index is 0.217. The molecule has 0 spiro atoms. The van der Waals surface area contributed by atoms with Gasteiger partial charge in [-0.3, -0.25) is 0 Å². The Bertz CT molecular complexity index is 356. The molecule has 1 fully saturated rings. The molecule has 2 atom stereocenters. The van der Waals surface area contributed by atoms with Gasteiger partial charge in [0.05, 0.1) is 14.2 Å². The van der Waals surface area contributed by atoms with Crippen LogP contribution in [-0.2, 0) is 0 Å². The minimum atomic E-state index is 0.217. The van der Waals surface area contributed by atoms with Crippen LogP contribution in [0.5, 0.6) is 11.5 Å². The first-order valence-electron chi connectivity index (χ1n) is 6.24. The zero-order valence-corrected chi connectivity index (χ0v) is 10.6. The maximum atomic E-state index is 6.25. The zero-order valence-electron chi connectivity index (χ0n) is 10.6. The number of ether oxygens (including phenoxy) is 2. The quantitative estimate of drug-likeness (QED) is 0.876. The summed E-state index contributed by atoms with van der Waals surface area (Å²) in [5.41, 5.74) is 7.39. The SMILES string of the molecule is COc1cccc(OC)c1C1CCCCC1N. The van der Waals surface area contributed by atoms with Crippen molar-refractivity contribution in [3.05, 3.63) is 23.8 Å². The Kier molecular flexibility index (Phi) is 3.89. The van der Waals surface area contributed by atoms with Crippen LogP contribution in [0.4, 0.5) is 0 Å². The van der Waals surface area contributed by atoms with E-state index >= 15 is 0 Å². The molecule has 3 heteroatoms. The van der Waals surface area contributed by atoms with Crippen molar-refractivity contribution in [2.75, 3.05) is 14.2 Å². The molecule has 0 heterocycles. The maximum absolute atomic E-state index is 6.25. The van der Waals surface area contributed by atoms with Gasteiger partial charge in [0.2, 0.25) is 0 Å². The Morgan fingerprint density at radius 3 is 2.18 bits per heavy atom. The molecule has 3 nitrogen and oxygen atoms in total. The second-order valence-corrected chi connectivity index (χ2v) is 4.63. The van der Waals surface area contributed by atoms with Crippen molar-refractivity contribution in [1.82, 2.24) is 0 Å². The summed E-state index contributed by atoms with van der Waals surface area (Å²) in [6.07, 6.45) is 4.68. The molecule has 0 bridgehead atoms. The lowest BCUT2D eigenvalue weighted by atomic mass is 9.79. The first kappa shape index (κ1) is 12.2. The summed E-state index contributed by atoms with van der Waals surface area (Å²) in [6.45, 7) is 0. The molecule has 0 aliphatic heterocycles. The Hall–Kier alpha value is -1.22. The van der Waals surface area contributed by atoms with Gasteiger partial charge in [0.25, 0.3) is 0 Å². The topological polar surface area (TPSA) is 44.5 Å². The predicted octanol–water partition coefficient (Wildman–Crippen LogP) is 2.69. The van der Waals surface area contributed by atoms with Gasteiger partial charge in [-0.1, -0.05) is 18.9 Å². The summed E-state index contributed by atoms with van der Waals surface area (Å²) < 4.78 is 10.9. The summed E-state index contributed by atoms with van der Waals surface area (Å²) in [7, 11) is 3.40. The Morgan fingerprint density at radius 1 is 1.06 bits per heavy atom. The fourth-order valence-corrected chi connectivity index (χ4v) is 2.76. The largest absolute Gasteiger partial charge is 0.496 e. The molecule has 0 aromatic heterocycles. The highest BCUT2D eigenvalue weighted by molar-refractivity contribution is 5.48. The van der Waals surface area contributed by atoms with Crippen molar-refractivity contribution < 1.29 is 9.47 Å². The smallest absolute Gasteiger partial charge is 0.126 e. The van der Waals surface area contributed by atoms with Crippen LogP contribution in [0.2, 0.25) is 0 Å². The third-order valence-corrected chi connectivity index (χ3v) is 3.66. The number of hydrogen-bond acceptors (Lipinski definition) is 3. The van der Waals surface area contributed by atoms with Gasteiger partial charge in [-0.25, -0.2) is 0 Å². The number of hydrogen-bond donors (Lipinski definition) is 1. The second kappa shape index (κ2) is 5.41. The first-order valence-corrected chi connectivity index (χ1v) is 6.24. The third-order valence-electron chi connectivity index (χ3n) is 3.66. The van der Waals surface area contributed by atoms with E-state index in [-0.39, 0.29) is 6.04 Å². The van der Waals surface area contributed by atoms with Crippen LogP contribution in [0.1, 0.15) is 37.2 Å². The highest BCUT2D eigenvalue weighted by Crippen LogP contribution is 2.41. The number of nitrogens with two attached hydrogens (primary N) is 1. The van der Waals surface area contributed by atoms with Crippen molar-refractivity contribution >= 4 is 0 Å². The highest BCUT2D eigenvalue weighted by atomic mass is 16.5. The molecule has 17 heavy (non-hydrogen) atoms. The van der Waals surface area contributed by atoms with Crippen molar-refractivity contribution in [2.45, 2.75) is 37.6 Å². The van der Waals surface area contributed by atoms with E-state index in [1.807, 2.05) is 18.2 Å². The van der Waals surface area contributed by atoms with Gasteiger partial charge in [0.1, 0.15) is 11.5 Å². The summed E-state index contributed by atoms with van der Waals surface area (Å²) >= 11 is 0. The zero-order chi connectivity index (χ0) is 12.3. The fraction of sp³-hybridized carbons (Fsp3) is 0.571. The summed E-state index contributed by atoms with van der Waals surface area (Å²) in [4.78, 5) is 0. The van der Waals surface area contributed by atoms with Gasteiger partial charge in [0, 0.05) is 17.5 Å². The standard InChI is InChI=1S/C14H21NO2/c1-16-12-8-5-9-13(17-2)14(12)10-6-3-4-7-11(10)15/h5,8-11H,3-4,6-7,15H2,1-2H3. The van der Waals surface area contributed by atoms with Crippen LogP contribution in [0.15, 0.2) is 18.2 Å². The minimum Gasteiger partial charge on any atom is -0.496 e. The Morgan fingerprint density at radius 2 is 1.65 bits per heavy atom. The fourth-order valence-electron chi connectivity index (χ4n) is 2.76. The molecule has 94 valence electrons. The van der Waals surface area contributed by atoms with Gasteiger partial charge in [-0.15, -0.1) is 0 Å². The Labute approximate surface area is 103 Å². The normalized spacial score (nSPS) is 24.4. The lowest BCUT2D eigenvalue weighted by Gasteiger charge is -2.31.